The number of unbranched alkanes of at least 4 members (excludes halogenated alkanes) is 11. The van der Waals surface area contributed by atoms with Crippen LogP contribution in [-0.2, 0) is 4.57 Å². The first-order chi connectivity index (χ1) is 12.5. The minimum Gasteiger partial charge on any atom is -0.393 e. The second-order valence-corrected chi connectivity index (χ2v) is 10.0. The van der Waals surface area contributed by atoms with Crippen LogP contribution in [0.15, 0.2) is 30.3 Å². The predicted molar refractivity (Wildman–Crippen MR) is 112 cm³/mol. The molecular formula is C22H39O3P. The minimum absolute atomic E-state index is 0.141. The van der Waals surface area contributed by atoms with E-state index in [0.717, 1.165) is 25.7 Å². The van der Waals surface area contributed by atoms with Gasteiger partial charge in [-0.2, -0.15) is 0 Å². The second kappa shape index (κ2) is 14.4. The van der Waals surface area contributed by atoms with Crippen molar-refractivity contribution < 1.29 is 14.6 Å². The summed E-state index contributed by atoms with van der Waals surface area (Å²) in [7, 11) is -3.15. The quantitative estimate of drug-likeness (QED) is 0.271. The molecule has 2 unspecified atom stereocenters. The monoisotopic (exact) mass is 382 g/mol. The maximum Gasteiger partial charge on any atom is 0.229 e. The van der Waals surface area contributed by atoms with E-state index in [4.69, 9.17) is 0 Å². The number of hydrogen-bond donors (Lipinski definition) is 2. The number of aliphatic hydroxyl groups is 1. The van der Waals surface area contributed by atoms with Gasteiger partial charge in [-0.15, -0.1) is 0 Å². The highest BCUT2D eigenvalue weighted by Gasteiger charge is 2.19. The lowest BCUT2D eigenvalue weighted by atomic mass is 10.0. The molecule has 0 aliphatic heterocycles. The molecule has 0 aliphatic rings. The summed E-state index contributed by atoms with van der Waals surface area (Å²) in [5, 5.41) is 9.78. The molecule has 0 heterocycles. The average molecular weight is 383 g/mol. The number of aliphatic hydroxyl groups excluding tert-OH is 1. The Kier molecular flexibility index (Phi) is 13.0. The van der Waals surface area contributed by atoms with Crippen molar-refractivity contribution in [2.45, 2.75) is 96.5 Å². The molecule has 0 amide bonds. The number of benzene rings is 1. The Hall–Kier alpha value is -0.630. The van der Waals surface area contributed by atoms with Crippen molar-refractivity contribution in [3.63, 3.8) is 0 Å². The molecule has 0 saturated heterocycles. The van der Waals surface area contributed by atoms with Gasteiger partial charge in [0, 0.05) is 11.5 Å². The smallest absolute Gasteiger partial charge is 0.229 e. The van der Waals surface area contributed by atoms with Gasteiger partial charge in [-0.1, -0.05) is 88.8 Å². The van der Waals surface area contributed by atoms with Gasteiger partial charge in [0.25, 0.3) is 0 Å². The third kappa shape index (κ3) is 11.9. The van der Waals surface area contributed by atoms with Crippen molar-refractivity contribution in [3.05, 3.63) is 30.3 Å². The zero-order valence-electron chi connectivity index (χ0n) is 16.6. The Bertz CT molecular complexity index is 487. The van der Waals surface area contributed by atoms with E-state index >= 15 is 0 Å². The third-order valence-electron chi connectivity index (χ3n) is 4.99. The molecule has 1 aromatic carbocycles. The highest BCUT2D eigenvalue weighted by molar-refractivity contribution is 7.66. The van der Waals surface area contributed by atoms with Crippen LogP contribution in [0.2, 0.25) is 0 Å². The fourth-order valence-corrected chi connectivity index (χ4v) is 4.87. The lowest BCUT2D eigenvalue weighted by molar-refractivity contribution is 0.180. The number of hydrogen-bond acceptors (Lipinski definition) is 2. The standard InChI is InChI=1S/C22H39O3P/c1-21(23)17-13-10-8-6-4-2-3-5-7-9-11-16-20-26(24,25)22-18-14-12-15-19-22/h12,14-15,18-19,21,23H,2-11,13,16-17,20H2,1H3,(H,24,25). The summed E-state index contributed by atoms with van der Waals surface area (Å²) in [6, 6.07) is 9.05. The van der Waals surface area contributed by atoms with Gasteiger partial charge in [-0.05, 0) is 31.9 Å². The van der Waals surface area contributed by atoms with Crippen molar-refractivity contribution in [2.24, 2.45) is 0 Å². The molecule has 0 bridgehead atoms. The molecule has 0 spiro atoms. The molecule has 3 nitrogen and oxygen atoms in total. The van der Waals surface area contributed by atoms with Crippen molar-refractivity contribution in [1.82, 2.24) is 0 Å². The van der Waals surface area contributed by atoms with Gasteiger partial charge in [0.05, 0.1) is 6.10 Å². The predicted octanol–water partition coefficient (Wildman–Crippen LogP) is 6.03. The van der Waals surface area contributed by atoms with E-state index in [9.17, 15) is 14.6 Å². The Balaban J connectivity index is 1.87. The van der Waals surface area contributed by atoms with Gasteiger partial charge >= 0.3 is 0 Å². The van der Waals surface area contributed by atoms with Crippen molar-refractivity contribution in [1.29, 1.82) is 0 Å². The molecule has 26 heavy (non-hydrogen) atoms. The molecular weight excluding hydrogens is 343 g/mol. The van der Waals surface area contributed by atoms with E-state index in [0.29, 0.717) is 11.5 Å². The second-order valence-electron chi connectivity index (χ2n) is 7.64. The highest BCUT2D eigenvalue weighted by atomic mass is 31.2. The van der Waals surface area contributed by atoms with E-state index in [1.165, 1.54) is 57.8 Å². The first-order valence-electron chi connectivity index (χ1n) is 10.6. The van der Waals surface area contributed by atoms with Crippen LogP contribution in [0.1, 0.15) is 90.4 Å². The van der Waals surface area contributed by atoms with E-state index in [2.05, 4.69) is 0 Å². The maximum atomic E-state index is 12.3. The van der Waals surface area contributed by atoms with Gasteiger partial charge in [-0.25, -0.2) is 0 Å². The highest BCUT2D eigenvalue weighted by Crippen LogP contribution is 2.40. The minimum atomic E-state index is -3.15. The van der Waals surface area contributed by atoms with Crippen LogP contribution < -0.4 is 5.30 Å². The SMILES string of the molecule is CC(O)CCCCCCCCCCCCCCP(=O)(O)c1ccccc1. The zero-order valence-corrected chi connectivity index (χ0v) is 17.5. The Labute approximate surface area is 160 Å². The molecule has 2 N–H and O–H groups in total. The molecule has 0 aromatic heterocycles. The van der Waals surface area contributed by atoms with Crippen molar-refractivity contribution >= 4 is 12.7 Å². The maximum absolute atomic E-state index is 12.3. The van der Waals surface area contributed by atoms with Gasteiger partial charge < -0.3 is 10.00 Å². The van der Waals surface area contributed by atoms with E-state index < -0.39 is 7.37 Å². The third-order valence-corrected chi connectivity index (χ3v) is 7.02. The molecule has 0 aliphatic carbocycles. The Morgan fingerprint density at radius 3 is 1.65 bits per heavy atom. The normalized spacial score (nSPS) is 14.9. The molecule has 0 fully saturated rings. The summed E-state index contributed by atoms with van der Waals surface area (Å²) < 4.78 is 12.3. The van der Waals surface area contributed by atoms with Crippen LogP contribution in [0.25, 0.3) is 0 Å². The lowest BCUT2D eigenvalue weighted by Crippen LogP contribution is -2.06. The molecule has 150 valence electrons. The van der Waals surface area contributed by atoms with Crippen LogP contribution >= 0.6 is 7.37 Å². The van der Waals surface area contributed by atoms with Gasteiger partial charge in [0.2, 0.25) is 7.37 Å². The zero-order chi connectivity index (χ0) is 19.1. The van der Waals surface area contributed by atoms with Crippen LogP contribution in [0.4, 0.5) is 0 Å². The van der Waals surface area contributed by atoms with Crippen molar-refractivity contribution in [2.75, 3.05) is 6.16 Å². The average Bonchev–Trinajstić information content (AvgIpc) is 2.62. The summed E-state index contributed by atoms with van der Waals surface area (Å²) in [6.07, 6.45) is 15.8. The lowest BCUT2D eigenvalue weighted by Gasteiger charge is -2.11. The summed E-state index contributed by atoms with van der Waals surface area (Å²) in [5.74, 6) is 0. The van der Waals surface area contributed by atoms with Crippen LogP contribution in [-0.4, -0.2) is 22.3 Å². The summed E-state index contributed by atoms with van der Waals surface area (Å²) >= 11 is 0. The van der Waals surface area contributed by atoms with Gasteiger partial charge in [-0.3, -0.25) is 4.57 Å². The molecule has 1 rings (SSSR count). The van der Waals surface area contributed by atoms with Gasteiger partial charge in [0.1, 0.15) is 0 Å². The van der Waals surface area contributed by atoms with E-state index in [1.807, 2.05) is 25.1 Å². The topological polar surface area (TPSA) is 57.5 Å². The fourth-order valence-electron chi connectivity index (χ4n) is 3.32. The molecule has 1 aromatic rings. The van der Waals surface area contributed by atoms with Gasteiger partial charge in [0.15, 0.2) is 0 Å². The number of rotatable bonds is 16. The Morgan fingerprint density at radius 1 is 0.769 bits per heavy atom. The van der Waals surface area contributed by atoms with Crippen molar-refractivity contribution in [3.8, 4) is 0 Å². The summed E-state index contributed by atoms with van der Waals surface area (Å²) in [5.41, 5.74) is 0. The summed E-state index contributed by atoms with van der Waals surface area (Å²) in [6.45, 7) is 1.87. The van der Waals surface area contributed by atoms with E-state index in [-0.39, 0.29) is 6.10 Å². The largest absolute Gasteiger partial charge is 0.393 e. The molecule has 2 atom stereocenters. The molecule has 0 radical (unpaired) electrons. The van der Waals surface area contributed by atoms with Crippen LogP contribution in [0.5, 0.6) is 0 Å². The molecule has 4 heteroatoms. The van der Waals surface area contributed by atoms with Crippen LogP contribution in [0.3, 0.4) is 0 Å². The first-order valence-corrected chi connectivity index (χ1v) is 12.4. The van der Waals surface area contributed by atoms with Crippen LogP contribution in [0, 0.1) is 0 Å². The summed E-state index contributed by atoms with van der Waals surface area (Å²) in [4.78, 5) is 10.1. The van der Waals surface area contributed by atoms with E-state index in [1.54, 1.807) is 12.1 Å². The Morgan fingerprint density at radius 2 is 1.19 bits per heavy atom. The first kappa shape index (κ1) is 23.4. The molecule has 0 saturated carbocycles. The fraction of sp³-hybridized carbons (Fsp3) is 0.727.